The number of hydrogen-bond acceptors (Lipinski definition) is 10. The van der Waals surface area contributed by atoms with Crippen molar-refractivity contribution in [2.45, 2.75) is 58.0 Å². The van der Waals surface area contributed by atoms with Crippen molar-refractivity contribution >= 4 is 29.7 Å². The number of nitrogens with one attached hydrogen (secondary N) is 2. The third-order valence-corrected chi connectivity index (χ3v) is 6.31. The number of imide groups is 2. The Bertz CT molecular complexity index is 1120. The van der Waals surface area contributed by atoms with Gasteiger partial charge in [-0.25, -0.2) is 4.79 Å². The highest BCUT2D eigenvalue weighted by atomic mass is 16.6. The van der Waals surface area contributed by atoms with Crippen LogP contribution in [0.5, 0.6) is 0 Å². The van der Waals surface area contributed by atoms with Crippen LogP contribution in [0.15, 0.2) is 18.2 Å². The summed E-state index contributed by atoms with van der Waals surface area (Å²) >= 11 is 0. The summed E-state index contributed by atoms with van der Waals surface area (Å²) in [4.78, 5) is 61.8. The number of piperidine rings is 1. The van der Waals surface area contributed by atoms with E-state index in [1.165, 1.54) is 0 Å². The van der Waals surface area contributed by atoms with Gasteiger partial charge in [0, 0.05) is 18.6 Å². The zero-order valence-electron chi connectivity index (χ0n) is 24.5. The van der Waals surface area contributed by atoms with Gasteiger partial charge in [0.25, 0.3) is 11.8 Å². The Labute approximate surface area is 245 Å². The van der Waals surface area contributed by atoms with Gasteiger partial charge in [0.2, 0.25) is 11.8 Å². The minimum Gasteiger partial charge on any atom is -0.447 e. The zero-order valence-corrected chi connectivity index (χ0v) is 24.5. The number of carbonyl (C=O) groups is 5. The van der Waals surface area contributed by atoms with Gasteiger partial charge in [-0.2, -0.15) is 0 Å². The summed E-state index contributed by atoms with van der Waals surface area (Å²) in [6, 6.07) is 4.13. The number of ether oxygens (including phenoxy) is 5. The third-order valence-electron chi connectivity index (χ3n) is 6.31. The van der Waals surface area contributed by atoms with E-state index in [2.05, 4.69) is 10.6 Å². The molecule has 13 nitrogen and oxygen atoms in total. The molecule has 3 rings (SSSR count). The second-order valence-corrected chi connectivity index (χ2v) is 10.9. The van der Waals surface area contributed by atoms with Gasteiger partial charge < -0.3 is 29.0 Å². The summed E-state index contributed by atoms with van der Waals surface area (Å²) in [5, 5.41) is 4.89. The summed E-state index contributed by atoms with van der Waals surface area (Å²) in [5.41, 5.74) is 1.09. The van der Waals surface area contributed by atoms with Crippen molar-refractivity contribution in [3.8, 4) is 0 Å². The molecular weight excluding hydrogens is 550 g/mol. The molecule has 0 spiro atoms. The number of benzene rings is 1. The lowest BCUT2D eigenvalue weighted by Crippen LogP contribution is -2.54. The molecule has 0 saturated carbocycles. The fourth-order valence-corrected chi connectivity index (χ4v) is 4.35. The predicted octanol–water partition coefficient (Wildman–Crippen LogP) is 1.61. The molecule has 232 valence electrons. The van der Waals surface area contributed by atoms with E-state index in [0.717, 1.165) is 10.5 Å². The van der Waals surface area contributed by atoms with Crippen LogP contribution in [-0.2, 0) is 39.7 Å². The van der Waals surface area contributed by atoms with Crippen LogP contribution in [0.1, 0.15) is 66.3 Å². The van der Waals surface area contributed by atoms with Gasteiger partial charge in [0.15, 0.2) is 0 Å². The number of nitrogens with zero attached hydrogens (tertiary/aromatic N) is 1. The first-order valence-electron chi connectivity index (χ1n) is 14.2. The normalized spacial score (nSPS) is 16.9. The molecule has 1 fully saturated rings. The first-order valence-corrected chi connectivity index (χ1v) is 14.2. The molecule has 1 unspecified atom stereocenters. The van der Waals surface area contributed by atoms with E-state index in [1.807, 2.05) is 20.8 Å². The molecule has 42 heavy (non-hydrogen) atoms. The minimum absolute atomic E-state index is 0.0856. The molecule has 13 heteroatoms. The molecule has 1 atom stereocenters. The SMILES string of the molecule is CC(C)(C)NC(=O)OCCOCCOCCOCCOCCCc1ccc2c(c1)C(=O)N(C1CCC(=O)NC1=O)C2=O. The van der Waals surface area contributed by atoms with Crippen molar-refractivity contribution in [1.82, 2.24) is 15.5 Å². The Hall–Kier alpha value is -3.39. The van der Waals surface area contributed by atoms with Gasteiger partial charge in [0.05, 0.1) is 57.4 Å². The second kappa shape index (κ2) is 16.3. The topological polar surface area (TPSA) is 159 Å². The molecule has 1 saturated heterocycles. The Balaban J connectivity index is 1.18. The number of carbonyl (C=O) groups excluding carboxylic acids is 5. The van der Waals surface area contributed by atoms with Crippen molar-refractivity contribution < 1.29 is 47.7 Å². The fourth-order valence-electron chi connectivity index (χ4n) is 4.35. The molecule has 0 bridgehead atoms. The third kappa shape index (κ3) is 10.5. The van der Waals surface area contributed by atoms with Gasteiger partial charge in [-0.1, -0.05) is 6.07 Å². The summed E-state index contributed by atoms with van der Waals surface area (Å²) in [6.45, 7) is 9.10. The van der Waals surface area contributed by atoms with E-state index >= 15 is 0 Å². The lowest BCUT2D eigenvalue weighted by atomic mass is 10.0. The van der Waals surface area contributed by atoms with Crippen LogP contribution in [0.3, 0.4) is 0 Å². The van der Waals surface area contributed by atoms with E-state index in [1.54, 1.807) is 18.2 Å². The quantitative estimate of drug-likeness (QED) is 0.201. The molecule has 1 aromatic rings. The molecule has 2 N–H and O–H groups in total. The van der Waals surface area contributed by atoms with Gasteiger partial charge in [-0.3, -0.25) is 29.4 Å². The van der Waals surface area contributed by atoms with E-state index in [0.29, 0.717) is 65.7 Å². The van der Waals surface area contributed by atoms with Crippen LogP contribution in [0.25, 0.3) is 0 Å². The van der Waals surface area contributed by atoms with Gasteiger partial charge in [-0.15, -0.1) is 0 Å². The number of hydrogen-bond donors (Lipinski definition) is 2. The zero-order chi connectivity index (χ0) is 30.5. The lowest BCUT2D eigenvalue weighted by molar-refractivity contribution is -0.136. The van der Waals surface area contributed by atoms with E-state index < -0.39 is 35.8 Å². The maximum Gasteiger partial charge on any atom is 0.407 e. The van der Waals surface area contributed by atoms with Crippen molar-refractivity contribution in [2.24, 2.45) is 0 Å². The largest absolute Gasteiger partial charge is 0.447 e. The van der Waals surface area contributed by atoms with E-state index in [-0.39, 0.29) is 36.1 Å². The Morgan fingerprint density at radius 3 is 2.02 bits per heavy atom. The minimum atomic E-state index is -0.972. The van der Waals surface area contributed by atoms with Crippen LogP contribution in [0.4, 0.5) is 4.79 Å². The molecule has 1 aromatic carbocycles. The van der Waals surface area contributed by atoms with Gasteiger partial charge >= 0.3 is 6.09 Å². The molecule has 2 aliphatic heterocycles. The number of aryl methyl sites for hydroxylation is 1. The van der Waals surface area contributed by atoms with Crippen LogP contribution >= 0.6 is 0 Å². The summed E-state index contributed by atoms with van der Waals surface area (Å²) < 4.78 is 26.9. The molecule has 5 amide bonds. The highest BCUT2D eigenvalue weighted by Gasteiger charge is 2.44. The molecule has 0 aromatic heterocycles. The summed E-state index contributed by atoms with van der Waals surface area (Å²) in [6.07, 6.45) is 1.11. The van der Waals surface area contributed by atoms with Gasteiger partial charge in [-0.05, 0) is 57.7 Å². The smallest absolute Gasteiger partial charge is 0.407 e. The van der Waals surface area contributed by atoms with Crippen molar-refractivity contribution in [3.63, 3.8) is 0 Å². The molecular formula is C29H41N3O10. The first kappa shape index (κ1) is 33.1. The number of amides is 5. The fraction of sp³-hybridized carbons (Fsp3) is 0.621. The number of rotatable bonds is 17. The highest BCUT2D eigenvalue weighted by molar-refractivity contribution is 6.23. The summed E-state index contributed by atoms with van der Waals surface area (Å²) in [5.74, 6) is -2.05. The average Bonchev–Trinajstić information content (AvgIpc) is 3.16. The maximum atomic E-state index is 12.9. The second-order valence-electron chi connectivity index (χ2n) is 10.9. The lowest BCUT2D eigenvalue weighted by Gasteiger charge is -2.27. The van der Waals surface area contributed by atoms with Crippen LogP contribution in [0.2, 0.25) is 0 Å². The Kier molecular flexibility index (Phi) is 12.9. The maximum absolute atomic E-state index is 12.9. The van der Waals surface area contributed by atoms with Crippen LogP contribution in [0, 0.1) is 0 Å². The van der Waals surface area contributed by atoms with E-state index in [9.17, 15) is 24.0 Å². The number of fused-ring (bicyclic) bond motifs is 1. The van der Waals surface area contributed by atoms with Crippen molar-refractivity contribution in [3.05, 3.63) is 34.9 Å². The van der Waals surface area contributed by atoms with Gasteiger partial charge in [0.1, 0.15) is 12.6 Å². The standard InChI is InChI=1S/C29H41N3O10/c1-29(2,3)31-28(37)42-18-17-41-16-15-40-14-13-39-12-11-38-10-4-5-20-6-7-21-22(19-20)27(36)32(26(21)35)23-8-9-24(33)30-25(23)34/h6-7,19,23H,4-5,8-18H2,1-3H3,(H,31,37)(H,30,33,34). The van der Waals surface area contributed by atoms with Crippen LogP contribution in [-0.4, -0.2) is 106 Å². The van der Waals surface area contributed by atoms with Crippen molar-refractivity contribution in [1.29, 1.82) is 0 Å². The molecule has 2 heterocycles. The predicted molar refractivity (Wildman–Crippen MR) is 149 cm³/mol. The Morgan fingerprint density at radius 2 is 1.43 bits per heavy atom. The molecule has 2 aliphatic rings. The van der Waals surface area contributed by atoms with Crippen LogP contribution < -0.4 is 10.6 Å². The first-order chi connectivity index (χ1) is 20.1. The number of alkyl carbamates (subject to hydrolysis) is 1. The van der Waals surface area contributed by atoms with E-state index in [4.69, 9.17) is 23.7 Å². The highest BCUT2D eigenvalue weighted by Crippen LogP contribution is 2.28. The van der Waals surface area contributed by atoms with Crippen molar-refractivity contribution in [2.75, 3.05) is 59.5 Å². The average molecular weight is 592 g/mol. The Morgan fingerprint density at radius 1 is 0.857 bits per heavy atom. The molecule has 0 aliphatic carbocycles. The summed E-state index contributed by atoms with van der Waals surface area (Å²) in [7, 11) is 0. The monoisotopic (exact) mass is 591 g/mol. The molecule has 0 radical (unpaired) electrons.